The first-order valence-corrected chi connectivity index (χ1v) is 11.3. The monoisotopic (exact) mass is 401 g/mol. The van der Waals surface area contributed by atoms with Gasteiger partial charge in [-0.3, -0.25) is 0 Å². The fourth-order valence-corrected chi connectivity index (χ4v) is 5.02. The lowest BCUT2D eigenvalue weighted by molar-refractivity contribution is 0.230. The zero-order chi connectivity index (χ0) is 20.5. The highest BCUT2D eigenvalue weighted by molar-refractivity contribution is 5.72. The van der Waals surface area contributed by atoms with Crippen LogP contribution in [0.15, 0.2) is 48.5 Å². The molecule has 2 aliphatic rings. The van der Waals surface area contributed by atoms with Crippen LogP contribution in [0.1, 0.15) is 43.0 Å². The van der Waals surface area contributed by atoms with E-state index in [-0.39, 0.29) is 0 Å². The lowest BCUT2D eigenvalue weighted by Gasteiger charge is -2.20. The van der Waals surface area contributed by atoms with Gasteiger partial charge in [0.15, 0.2) is 0 Å². The molecule has 156 valence electrons. The predicted molar refractivity (Wildman–Crippen MR) is 122 cm³/mol. The summed E-state index contributed by atoms with van der Waals surface area (Å²) in [6.07, 6.45) is 5.91. The van der Waals surface area contributed by atoms with Crippen LogP contribution in [-0.2, 0) is 12.8 Å². The minimum atomic E-state index is 0.734. The summed E-state index contributed by atoms with van der Waals surface area (Å²) in [5.74, 6) is 0.936. The van der Waals surface area contributed by atoms with Crippen molar-refractivity contribution in [3.8, 4) is 22.7 Å². The quantitative estimate of drug-likeness (QED) is 0.532. The summed E-state index contributed by atoms with van der Waals surface area (Å²) in [6.45, 7) is 7.61. The molecule has 4 heteroatoms. The molecule has 0 radical (unpaired) electrons. The van der Waals surface area contributed by atoms with Gasteiger partial charge in [-0.15, -0.1) is 0 Å². The van der Waals surface area contributed by atoms with Gasteiger partial charge in [-0.25, -0.2) is 4.68 Å². The third-order valence-corrected chi connectivity index (χ3v) is 6.73. The van der Waals surface area contributed by atoms with E-state index in [0.29, 0.717) is 0 Å². The fourth-order valence-electron chi connectivity index (χ4n) is 5.02. The molecule has 0 spiro atoms. The van der Waals surface area contributed by atoms with Gasteiger partial charge in [-0.2, -0.15) is 5.10 Å². The molecule has 5 rings (SSSR count). The molecular formula is C26H31N3O. The molecule has 1 saturated heterocycles. The molecule has 2 heterocycles. The molecule has 0 saturated carbocycles. The van der Waals surface area contributed by atoms with Crippen molar-refractivity contribution >= 4 is 0 Å². The number of benzene rings is 2. The van der Waals surface area contributed by atoms with Gasteiger partial charge in [-0.1, -0.05) is 24.3 Å². The van der Waals surface area contributed by atoms with E-state index in [1.54, 1.807) is 0 Å². The van der Waals surface area contributed by atoms with Crippen molar-refractivity contribution in [1.29, 1.82) is 0 Å². The molecule has 0 bridgehead atoms. The molecule has 1 atom stereocenters. The molecule has 1 aromatic heterocycles. The first kappa shape index (κ1) is 19.4. The second kappa shape index (κ2) is 8.27. The highest BCUT2D eigenvalue weighted by atomic mass is 16.5. The van der Waals surface area contributed by atoms with Gasteiger partial charge in [-0.05, 0) is 82.3 Å². The Bertz CT molecular complexity index is 1020. The van der Waals surface area contributed by atoms with E-state index in [4.69, 9.17) is 9.84 Å². The number of hydrogen-bond donors (Lipinski definition) is 0. The molecule has 3 aromatic rings. The Morgan fingerprint density at radius 3 is 2.70 bits per heavy atom. The predicted octanol–water partition coefficient (Wildman–Crippen LogP) is 5.20. The Hall–Kier alpha value is -2.59. The highest BCUT2D eigenvalue weighted by Gasteiger charge is 2.24. The summed E-state index contributed by atoms with van der Waals surface area (Å²) in [5.41, 5.74) is 7.59. The van der Waals surface area contributed by atoms with E-state index in [2.05, 4.69) is 72.0 Å². The van der Waals surface area contributed by atoms with Crippen molar-refractivity contribution in [2.75, 3.05) is 19.7 Å². The number of rotatable bonds is 6. The zero-order valence-corrected chi connectivity index (χ0v) is 18.1. The van der Waals surface area contributed by atoms with E-state index in [1.807, 2.05) is 0 Å². The van der Waals surface area contributed by atoms with Gasteiger partial charge in [0, 0.05) is 23.7 Å². The van der Waals surface area contributed by atoms with Crippen LogP contribution in [0, 0.1) is 6.92 Å². The molecule has 1 aliphatic carbocycles. The van der Waals surface area contributed by atoms with Gasteiger partial charge in [0.25, 0.3) is 0 Å². The van der Waals surface area contributed by atoms with Crippen LogP contribution in [0.2, 0.25) is 0 Å². The van der Waals surface area contributed by atoms with Crippen LogP contribution >= 0.6 is 0 Å². The number of fused-ring (bicyclic) bond motifs is 3. The van der Waals surface area contributed by atoms with Crippen molar-refractivity contribution in [1.82, 2.24) is 14.7 Å². The van der Waals surface area contributed by atoms with Crippen LogP contribution in [0.3, 0.4) is 0 Å². The number of likely N-dealkylation sites (tertiary alicyclic amines) is 1. The van der Waals surface area contributed by atoms with Crippen LogP contribution in [0.5, 0.6) is 5.75 Å². The maximum absolute atomic E-state index is 6.01. The second-order valence-electron chi connectivity index (χ2n) is 8.70. The molecule has 0 N–H and O–H groups in total. The van der Waals surface area contributed by atoms with E-state index in [9.17, 15) is 0 Å². The van der Waals surface area contributed by atoms with Crippen LogP contribution in [0.25, 0.3) is 16.9 Å². The molecule has 1 aliphatic heterocycles. The zero-order valence-electron chi connectivity index (χ0n) is 18.1. The minimum absolute atomic E-state index is 0.734. The Balaban J connectivity index is 1.29. The van der Waals surface area contributed by atoms with Crippen LogP contribution in [0.4, 0.5) is 0 Å². The second-order valence-corrected chi connectivity index (χ2v) is 8.70. The molecule has 2 aromatic carbocycles. The fraction of sp³-hybridized carbons (Fsp3) is 0.423. The Labute approximate surface area is 179 Å². The molecular weight excluding hydrogens is 370 g/mol. The van der Waals surface area contributed by atoms with E-state index in [0.717, 1.165) is 55.6 Å². The van der Waals surface area contributed by atoms with Crippen molar-refractivity contribution in [3.63, 3.8) is 0 Å². The van der Waals surface area contributed by atoms with Gasteiger partial charge in [0.05, 0.1) is 23.7 Å². The number of ether oxygens (including phenoxy) is 1. The standard InChI is InChI=1S/C26H31N3O/c1-19-7-5-16-28(19)17-6-18-30-23-13-11-22(12-14-23)29-26-24(20(2)27-29)15-10-21-8-3-4-9-25(21)26/h3-4,8-9,11-14,19H,5-7,10,15-18H2,1-2H3. The summed E-state index contributed by atoms with van der Waals surface area (Å²) in [7, 11) is 0. The molecule has 1 unspecified atom stereocenters. The van der Waals surface area contributed by atoms with E-state index < -0.39 is 0 Å². The smallest absolute Gasteiger partial charge is 0.119 e. The largest absolute Gasteiger partial charge is 0.494 e. The third-order valence-electron chi connectivity index (χ3n) is 6.73. The number of nitrogens with zero attached hydrogens (tertiary/aromatic N) is 3. The highest BCUT2D eigenvalue weighted by Crippen LogP contribution is 2.36. The summed E-state index contributed by atoms with van der Waals surface area (Å²) >= 11 is 0. The summed E-state index contributed by atoms with van der Waals surface area (Å²) in [5, 5.41) is 4.89. The maximum atomic E-state index is 6.01. The van der Waals surface area contributed by atoms with Gasteiger partial charge >= 0.3 is 0 Å². The normalized spacial score (nSPS) is 18.3. The first-order valence-electron chi connectivity index (χ1n) is 11.3. The number of aryl methyl sites for hydroxylation is 2. The molecule has 0 amide bonds. The van der Waals surface area contributed by atoms with Crippen molar-refractivity contribution in [2.24, 2.45) is 0 Å². The lowest BCUT2D eigenvalue weighted by Crippen LogP contribution is -2.28. The average Bonchev–Trinajstić information content (AvgIpc) is 3.34. The SMILES string of the molecule is Cc1nn(-c2ccc(OCCCN3CCCC3C)cc2)c2c1CCc1ccccc1-2. The van der Waals surface area contributed by atoms with Crippen molar-refractivity contribution < 1.29 is 4.74 Å². The molecule has 4 nitrogen and oxygen atoms in total. The van der Waals surface area contributed by atoms with E-state index >= 15 is 0 Å². The van der Waals surface area contributed by atoms with Gasteiger partial charge in [0.1, 0.15) is 5.75 Å². The Kier molecular flexibility index (Phi) is 5.34. The lowest BCUT2D eigenvalue weighted by atomic mass is 9.89. The topological polar surface area (TPSA) is 30.3 Å². The maximum Gasteiger partial charge on any atom is 0.119 e. The van der Waals surface area contributed by atoms with E-state index in [1.165, 1.54) is 41.8 Å². The van der Waals surface area contributed by atoms with Crippen LogP contribution < -0.4 is 4.74 Å². The molecule has 30 heavy (non-hydrogen) atoms. The summed E-state index contributed by atoms with van der Waals surface area (Å²) in [4.78, 5) is 2.58. The van der Waals surface area contributed by atoms with Crippen molar-refractivity contribution in [2.45, 2.75) is 52.0 Å². The summed E-state index contributed by atoms with van der Waals surface area (Å²) < 4.78 is 8.12. The average molecular weight is 402 g/mol. The van der Waals surface area contributed by atoms with Gasteiger partial charge in [0.2, 0.25) is 0 Å². The number of hydrogen-bond acceptors (Lipinski definition) is 3. The first-order chi connectivity index (χ1) is 14.7. The van der Waals surface area contributed by atoms with Crippen LogP contribution in [-0.4, -0.2) is 40.4 Å². The Morgan fingerprint density at radius 1 is 1.07 bits per heavy atom. The minimum Gasteiger partial charge on any atom is -0.494 e. The molecule has 1 fully saturated rings. The van der Waals surface area contributed by atoms with Crippen molar-refractivity contribution in [3.05, 3.63) is 65.4 Å². The summed E-state index contributed by atoms with van der Waals surface area (Å²) in [6, 6.07) is 17.9. The van der Waals surface area contributed by atoms with Gasteiger partial charge < -0.3 is 9.64 Å². The Morgan fingerprint density at radius 2 is 1.90 bits per heavy atom. The third kappa shape index (κ3) is 3.65. The number of aromatic nitrogens is 2.